The zero-order chi connectivity index (χ0) is 28.5. The van der Waals surface area contributed by atoms with Crippen molar-refractivity contribution in [1.82, 2.24) is 10.2 Å². The molecule has 10 heteroatoms. The molecule has 0 saturated heterocycles. The molecule has 0 spiro atoms. The maximum Gasteiger partial charge on any atom is 0.247 e. The van der Waals surface area contributed by atoms with Gasteiger partial charge in [0.15, 0.2) is 11.5 Å². The van der Waals surface area contributed by atoms with Gasteiger partial charge >= 0.3 is 0 Å². The number of halogens is 1. The summed E-state index contributed by atoms with van der Waals surface area (Å²) >= 11 is 2.08. The molecule has 0 heterocycles. The molecule has 0 aromatic heterocycles. The topological polar surface area (TPSA) is 129 Å². The Morgan fingerprint density at radius 1 is 1.23 bits per heavy atom. The Balaban J connectivity index is 1.64. The predicted molar refractivity (Wildman–Crippen MR) is 154 cm³/mol. The van der Waals surface area contributed by atoms with Crippen LogP contribution in [0.1, 0.15) is 52.0 Å². The molecule has 4 aliphatic rings. The van der Waals surface area contributed by atoms with Crippen LogP contribution in [0.4, 0.5) is 0 Å². The van der Waals surface area contributed by atoms with Crippen molar-refractivity contribution in [3.05, 3.63) is 32.9 Å². The number of nitrogens with zero attached hydrogens (tertiary/aromatic N) is 1. The van der Waals surface area contributed by atoms with Gasteiger partial charge in [0.2, 0.25) is 11.8 Å². The number of ether oxygens (including phenoxy) is 2. The molecule has 1 aromatic carbocycles. The van der Waals surface area contributed by atoms with Gasteiger partial charge in [-0.3, -0.25) is 9.59 Å². The molecule has 2 bridgehead atoms. The zero-order valence-electron chi connectivity index (χ0n) is 23.2. The summed E-state index contributed by atoms with van der Waals surface area (Å²) in [5, 5.41) is 33.1. The Morgan fingerprint density at radius 3 is 2.56 bits per heavy atom. The highest BCUT2D eigenvalue weighted by molar-refractivity contribution is 14.1. The molecule has 216 valence electrons. The zero-order valence-corrected chi connectivity index (χ0v) is 25.3. The largest absolute Gasteiger partial charge is 0.493 e. The standard InChI is InChI=1S/C29H41IN2O7/c1-16(35)32(14-18-5-6-20-13-21(18)29(20,2)3)23-11-19(28(37)31-7-8-33)12-24(26(23)36)39-27-22(30)9-17(15-34)10-25(27)38-4/h9-10,12,18,20-21,23-24,26,33-34,36H,5-8,11,13-15H2,1-4H3,(H,31,37)/t18-,20-,21-,23+,24-,26-/m0/s1. The molecule has 3 fully saturated rings. The van der Waals surface area contributed by atoms with Crippen LogP contribution in [0.15, 0.2) is 23.8 Å². The molecule has 1 aromatic rings. The van der Waals surface area contributed by atoms with Crippen LogP contribution in [0.5, 0.6) is 11.5 Å². The Hall–Kier alpha value is -1.89. The quantitative estimate of drug-likeness (QED) is 0.285. The van der Waals surface area contributed by atoms with Crippen molar-refractivity contribution in [3.63, 3.8) is 0 Å². The van der Waals surface area contributed by atoms with Crippen molar-refractivity contribution in [3.8, 4) is 11.5 Å². The van der Waals surface area contributed by atoms with Crippen molar-refractivity contribution in [2.75, 3.05) is 26.8 Å². The number of fused-ring (bicyclic) bond motifs is 2. The summed E-state index contributed by atoms with van der Waals surface area (Å²) in [6.45, 7) is 6.42. The van der Waals surface area contributed by atoms with E-state index in [0.29, 0.717) is 44.6 Å². The highest BCUT2D eigenvalue weighted by Crippen LogP contribution is 2.61. The monoisotopic (exact) mass is 656 g/mol. The van der Waals surface area contributed by atoms with Crippen LogP contribution < -0.4 is 14.8 Å². The smallest absolute Gasteiger partial charge is 0.247 e. The van der Waals surface area contributed by atoms with Gasteiger partial charge in [-0.1, -0.05) is 13.8 Å². The van der Waals surface area contributed by atoms with Gasteiger partial charge in [-0.15, -0.1) is 0 Å². The van der Waals surface area contributed by atoms with Crippen LogP contribution in [0.25, 0.3) is 0 Å². The maximum atomic E-state index is 13.1. The second-order valence-corrected chi connectivity index (χ2v) is 12.8. The van der Waals surface area contributed by atoms with Crippen molar-refractivity contribution < 1.29 is 34.4 Å². The normalized spacial score (nSPS) is 29.1. The minimum absolute atomic E-state index is 0.0969. The molecule has 6 atom stereocenters. The van der Waals surface area contributed by atoms with Crippen LogP contribution in [0, 0.1) is 26.7 Å². The maximum absolute atomic E-state index is 13.1. The molecule has 0 radical (unpaired) electrons. The van der Waals surface area contributed by atoms with Gasteiger partial charge in [0, 0.05) is 32.0 Å². The Kier molecular flexibility index (Phi) is 9.50. The lowest BCUT2D eigenvalue weighted by atomic mass is 9.45. The van der Waals surface area contributed by atoms with Crippen LogP contribution >= 0.6 is 22.6 Å². The third-order valence-corrected chi connectivity index (χ3v) is 9.98. The lowest BCUT2D eigenvalue weighted by molar-refractivity contribution is -0.146. The fraction of sp³-hybridized carbons (Fsp3) is 0.655. The lowest BCUT2D eigenvalue weighted by Crippen LogP contribution is -2.59. The highest BCUT2D eigenvalue weighted by atomic mass is 127. The van der Waals surface area contributed by atoms with E-state index in [2.05, 4.69) is 41.8 Å². The fourth-order valence-electron chi connectivity index (χ4n) is 6.83. The summed E-state index contributed by atoms with van der Waals surface area (Å²) < 4.78 is 12.5. The molecule has 5 rings (SSSR count). The third kappa shape index (κ3) is 6.08. The van der Waals surface area contributed by atoms with Gasteiger partial charge in [-0.25, -0.2) is 0 Å². The van der Waals surface area contributed by atoms with E-state index in [-0.39, 0.29) is 43.4 Å². The summed E-state index contributed by atoms with van der Waals surface area (Å²) in [5.41, 5.74) is 1.30. The van der Waals surface area contributed by atoms with Crippen molar-refractivity contribution in [1.29, 1.82) is 0 Å². The van der Waals surface area contributed by atoms with Crippen LogP contribution in [-0.4, -0.2) is 77.1 Å². The van der Waals surface area contributed by atoms with Crippen LogP contribution in [0.3, 0.4) is 0 Å². The second-order valence-electron chi connectivity index (χ2n) is 11.7. The van der Waals surface area contributed by atoms with Gasteiger partial charge in [-0.05, 0) is 88.8 Å². The molecule has 9 nitrogen and oxygen atoms in total. The molecule has 3 saturated carbocycles. The van der Waals surface area contributed by atoms with Crippen LogP contribution in [0.2, 0.25) is 0 Å². The highest BCUT2D eigenvalue weighted by Gasteiger charge is 2.55. The summed E-state index contributed by atoms with van der Waals surface area (Å²) in [4.78, 5) is 27.8. The number of nitrogens with one attached hydrogen (secondary N) is 1. The average molecular weight is 657 g/mol. The van der Waals surface area contributed by atoms with E-state index < -0.39 is 18.2 Å². The third-order valence-electron chi connectivity index (χ3n) is 9.18. The van der Waals surface area contributed by atoms with Crippen molar-refractivity contribution >= 4 is 34.4 Å². The summed E-state index contributed by atoms with van der Waals surface area (Å²) in [7, 11) is 1.50. The minimum atomic E-state index is -1.09. The first-order valence-corrected chi connectivity index (χ1v) is 14.8. The van der Waals surface area contributed by atoms with Gasteiger partial charge in [0.25, 0.3) is 0 Å². The van der Waals surface area contributed by atoms with E-state index in [0.717, 1.165) is 18.8 Å². The first kappa shape index (κ1) is 30.1. The number of aliphatic hydroxyl groups is 3. The summed E-state index contributed by atoms with van der Waals surface area (Å²) in [5.74, 6) is 1.88. The molecule has 2 amide bonds. The average Bonchev–Trinajstić information content (AvgIpc) is 2.92. The van der Waals surface area contributed by atoms with Crippen molar-refractivity contribution in [2.24, 2.45) is 23.2 Å². The molecule has 0 aliphatic heterocycles. The van der Waals surface area contributed by atoms with E-state index in [1.807, 2.05) is 0 Å². The number of carbonyl (C=O) groups excluding carboxylic acids is 2. The van der Waals surface area contributed by atoms with Gasteiger partial charge in [0.05, 0.1) is 29.9 Å². The molecule has 0 unspecified atom stereocenters. The van der Waals surface area contributed by atoms with Gasteiger partial charge < -0.3 is 35.0 Å². The fourth-order valence-corrected chi connectivity index (χ4v) is 7.62. The number of hydrogen-bond acceptors (Lipinski definition) is 7. The molecule has 4 N–H and O–H groups in total. The number of amides is 2. The first-order valence-electron chi connectivity index (χ1n) is 13.7. The van der Waals surface area contributed by atoms with Crippen LogP contribution in [-0.2, 0) is 16.2 Å². The number of carbonyl (C=O) groups is 2. The minimum Gasteiger partial charge on any atom is -0.493 e. The Labute approximate surface area is 244 Å². The molecular weight excluding hydrogens is 615 g/mol. The summed E-state index contributed by atoms with van der Waals surface area (Å²) in [6, 6.07) is 2.78. The van der Waals surface area contributed by atoms with Crippen molar-refractivity contribution in [2.45, 2.75) is 71.3 Å². The van der Waals surface area contributed by atoms with E-state index in [9.17, 15) is 24.9 Å². The predicted octanol–water partition coefficient (Wildman–Crippen LogP) is 2.63. The van der Waals surface area contributed by atoms with Gasteiger partial charge in [-0.2, -0.15) is 0 Å². The number of benzene rings is 1. The SMILES string of the molecule is COc1cc(CO)cc(I)c1O[C@H]1C=C(C(=O)NCCO)C[C@@H](N(C[C@@H]2CC[C@H]3C[C@@H]2C3(C)C)C(C)=O)[C@@H]1O. The number of rotatable bonds is 10. The summed E-state index contributed by atoms with van der Waals surface area (Å²) in [6.07, 6.45) is 3.14. The van der Waals surface area contributed by atoms with E-state index in [1.54, 1.807) is 23.1 Å². The van der Waals surface area contributed by atoms with E-state index in [4.69, 9.17) is 9.47 Å². The second kappa shape index (κ2) is 12.3. The van der Waals surface area contributed by atoms with Gasteiger partial charge in [0.1, 0.15) is 12.2 Å². The van der Waals surface area contributed by atoms with E-state index in [1.165, 1.54) is 20.5 Å². The number of methoxy groups -OCH3 is 1. The Bertz CT molecular complexity index is 1110. The first-order chi connectivity index (χ1) is 18.5. The van der Waals surface area contributed by atoms with E-state index >= 15 is 0 Å². The molecular formula is C29H41IN2O7. The molecule has 4 aliphatic carbocycles. The lowest BCUT2D eigenvalue weighted by Gasteiger charge is -2.61. The molecule has 39 heavy (non-hydrogen) atoms. The Morgan fingerprint density at radius 2 is 1.97 bits per heavy atom. The number of hydrogen-bond donors (Lipinski definition) is 4. The number of aliphatic hydroxyl groups excluding tert-OH is 3.